The van der Waals surface area contributed by atoms with Crippen LogP contribution in [0.2, 0.25) is 15.1 Å². The van der Waals surface area contributed by atoms with Gasteiger partial charge in [-0.3, -0.25) is 14.4 Å². The Kier molecular flexibility index (Phi) is 23.8. The third-order valence-corrected chi connectivity index (χ3v) is 24.4. The summed E-state index contributed by atoms with van der Waals surface area (Å²) in [6.07, 6.45) is -1.73. The van der Waals surface area contributed by atoms with Gasteiger partial charge in [0.05, 0.1) is 72.7 Å². The molecule has 6 heterocycles. The van der Waals surface area contributed by atoms with Crippen molar-refractivity contribution in [2.45, 2.75) is 71.6 Å². The Labute approximate surface area is 602 Å². The molecule has 9 aromatic rings. The van der Waals surface area contributed by atoms with E-state index in [0.717, 1.165) is 58.6 Å². The predicted molar refractivity (Wildman–Crippen MR) is 393 cm³/mol. The molecule has 27 heteroatoms. The zero-order valence-electron chi connectivity index (χ0n) is 55.0. The minimum absolute atomic E-state index is 0.0233. The van der Waals surface area contributed by atoms with Crippen molar-refractivity contribution in [1.29, 1.82) is 0 Å². The molecule has 3 N–H and O–H groups in total. The van der Waals surface area contributed by atoms with Crippen LogP contribution in [-0.4, -0.2) is 132 Å². The number of sulfone groups is 2. The Balaban J connectivity index is 0.000000161. The van der Waals surface area contributed by atoms with Crippen LogP contribution >= 0.6 is 68.8 Å². The second-order valence-corrected chi connectivity index (χ2v) is 32.8. The van der Waals surface area contributed by atoms with Crippen molar-refractivity contribution < 1.29 is 75.0 Å². The second kappa shape index (κ2) is 31.9. The van der Waals surface area contributed by atoms with E-state index in [1.807, 2.05) is 97.9 Å². The van der Waals surface area contributed by atoms with E-state index in [2.05, 4.69) is 6.07 Å². The van der Waals surface area contributed by atoms with Crippen LogP contribution in [0, 0.1) is 0 Å². The number of nitrogens with zero attached hydrogens (tertiary/aromatic N) is 3. The summed E-state index contributed by atoms with van der Waals surface area (Å²) in [5.74, 6) is 1.51. The number of hydrogen-bond donors (Lipinski definition) is 3. The molecule has 1 unspecified atom stereocenters. The lowest BCUT2D eigenvalue weighted by molar-refractivity contribution is 0.00775. The van der Waals surface area contributed by atoms with Gasteiger partial charge in [-0.2, -0.15) is 0 Å². The number of methoxy groups -OCH3 is 3. The SMILES string of the molecule is CCC(C)(O)COc1ccc(N2Cc3cc(-c4ccc(Cl)cc4)sc3C2=O)cc1OC.CCS(=O)(=O)C[C@@H](O)COc1ccc(N2Cc3cc(-c4ccc(Cl)cc4)sc3C2=O)cc1OC.CCS(=O)(=O)C[C@H](O)COc1ccc(N2Cc3cc(-c4ccc(Cl)cc4)sc3C2=O)cc1OC. The predicted octanol–water partition coefficient (Wildman–Crippen LogP) is 14.6. The molecule has 3 atom stereocenters. The summed E-state index contributed by atoms with van der Waals surface area (Å²) in [7, 11) is -2.12. The largest absolute Gasteiger partial charge is 0.493 e. The van der Waals surface area contributed by atoms with Crippen molar-refractivity contribution >= 4 is 123 Å². The van der Waals surface area contributed by atoms with Gasteiger partial charge in [0.1, 0.15) is 32.0 Å². The minimum atomic E-state index is -3.32. The standard InChI is InChI=1S/2C24H24ClNO6S2.C24H24ClNO4S/c2*1-3-34(29,30)14-19(27)13-32-20-9-8-18(11-21(20)31-2)26-12-16-10-22(33-23(16)24(26)28)15-4-6-17(25)7-5-15;1-4-24(2,28)14-30-19-10-9-18(12-20(19)29-3)26-13-16-11-21(31-22(16)23(26)27)15-5-7-17(25)8-6-15/h2*4-11,19,27H,3,12-14H2,1-2H3;5-12,28H,4,13-14H2,1-3H3/t2*19-;/m10./s1. The molecular weight excluding hydrogens is 1430 g/mol. The van der Waals surface area contributed by atoms with E-state index in [9.17, 15) is 46.5 Å². The number of ether oxygens (including phenoxy) is 6. The van der Waals surface area contributed by atoms with Gasteiger partial charge in [-0.15, -0.1) is 34.0 Å². The zero-order chi connectivity index (χ0) is 71.1. The smallest absolute Gasteiger partial charge is 0.269 e. The summed E-state index contributed by atoms with van der Waals surface area (Å²) in [6, 6.07) is 44.4. The molecule has 0 radical (unpaired) electrons. The topological polar surface area (TPSA) is 245 Å². The number of halogens is 3. The molecule has 99 heavy (non-hydrogen) atoms. The first-order chi connectivity index (χ1) is 47.2. The molecular formula is C72H72Cl3N3O16S5. The van der Waals surface area contributed by atoms with Gasteiger partial charge in [0, 0.05) is 76.5 Å². The van der Waals surface area contributed by atoms with Crippen LogP contribution in [0.3, 0.4) is 0 Å². The summed E-state index contributed by atoms with van der Waals surface area (Å²) in [5.41, 5.74) is 7.14. The summed E-state index contributed by atoms with van der Waals surface area (Å²) in [4.78, 5) is 49.6. The zero-order valence-corrected chi connectivity index (χ0v) is 61.3. The van der Waals surface area contributed by atoms with Gasteiger partial charge in [0.2, 0.25) is 0 Å². The monoisotopic (exact) mass is 1500 g/mol. The highest BCUT2D eigenvalue weighted by molar-refractivity contribution is 7.91. The van der Waals surface area contributed by atoms with Crippen molar-refractivity contribution in [2.24, 2.45) is 0 Å². The maximum absolute atomic E-state index is 13.1. The van der Waals surface area contributed by atoms with Gasteiger partial charge < -0.3 is 58.4 Å². The highest BCUT2D eigenvalue weighted by Crippen LogP contribution is 2.45. The lowest BCUT2D eigenvalue weighted by Gasteiger charge is -2.23. The van der Waals surface area contributed by atoms with Gasteiger partial charge in [-0.05, 0) is 138 Å². The molecule has 522 valence electrons. The Morgan fingerprint density at radius 3 is 1.01 bits per heavy atom. The first kappa shape index (κ1) is 74.0. The normalized spacial score (nSPS) is 14.5. The van der Waals surface area contributed by atoms with Crippen LogP contribution in [0.1, 0.15) is 79.8 Å². The minimum Gasteiger partial charge on any atom is -0.493 e. The van der Waals surface area contributed by atoms with E-state index in [4.69, 9.17) is 63.2 Å². The van der Waals surface area contributed by atoms with Gasteiger partial charge in [-0.1, -0.05) is 92.0 Å². The van der Waals surface area contributed by atoms with E-state index in [-0.39, 0.29) is 60.6 Å². The third kappa shape index (κ3) is 17.9. The number of aliphatic hydroxyl groups excluding tert-OH is 2. The van der Waals surface area contributed by atoms with Crippen LogP contribution in [0.25, 0.3) is 31.3 Å². The Morgan fingerprint density at radius 1 is 0.455 bits per heavy atom. The van der Waals surface area contributed by atoms with Gasteiger partial charge in [0.15, 0.2) is 54.2 Å². The van der Waals surface area contributed by atoms with Crippen molar-refractivity contribution in [3.63, 3.8) is 0 Å². The lowest BCUT2D eigenvalue weighted by atomic mass is 10.1. The summed E-state index contributed by atoms with van der Waals surface area (Å²) >= 11 is 22.3. The van der Waals surface area contributed by atoms with Crippen molar-refractivity contribution in [2.75, 3.05) is 78.9 Å². The van der Waals surface area contributed by atoms with E-state index in [1.165, 1.54) is 62.1 Å². The average molecular weight is 1500 g/mol. The first-order valence-electron chi connectivity index (χ1n) is 31.3. The number of amides is 3. The third-order valence-electron chi connectivity index (χ3n) is 16.4. The van der Waals surface area contributed by atoms with E-state index in [1.54, 1.807) is 77.3 Å². The molecule has 3 amide bonds. The van der Waals surface area contributed by atoms with Crippen LogP contribution in [0.5, 0.6) is 34.5 Å². The Hall–Kier alpha value is -7.72. The van der Waals surface area contributed by atoms with Crippen LogP contribution < -0.4 is 43.1 Å². The maximum Gasteiger partial charge on any atom is 0.269 e. The molecule has 12 rings (SSSR count). The number of benzene rings is 6. The van der Waals surface area contributed by atoms with E-state index < -0.39 is 37.5 Å². The molecule has 0 saturated heterocycles. The molecule has 3 aromatic heterocycles. The van der Waals surface area contributed by atoms with Crippen molar-refractivity contribution in [1.82, 2.24) is 0 Å². The number of thiophene rings is 3. The molecule has 0 spiro atoms. The molecule has 0 aliphatic carbocycles. The number of aliphatic hydroxyl groups is 3. The first-order valence-corrected chi connectivity index (χ1v) is 38.5. The summed E-state index contributed by atoms with van der Waals surface area (Å²) in [5, 5.41) is 32.2. The molecule has 0 saturated carbocycles. The molecule has 6 aromatic carbocycles. The van der Waals surface area contributed by atoms with Gasteiger partial charge >= 0.3 is 0 Å². The van der Waals surface area contributed by atoms with Gasteiger partial charge in [0.25, 0.3) is 17.7 Å². The molecule has 19 nitrogen and oxygen atoms in total. The Bertz CT molecular complexity index is 4440. The summed E-state index contributed by atoms with van der Waals surface area (Å²) < 4.78 is 79.9. The molecule has 0 bridgehead atoms. The van der Waals surface area contributed by atoms with Crippen molar-refractivity contribution in [3.8, 4) is 65.8 Å². The van der Waals surface area contributed by atoms with Crippen LogP contribution in [-0.2, 0) is 39.3 Å². The van der Waals surface area contributed by atoms with E-state index >= 15 is 0 Å². The number of anilines is 3. The quantitative estimate of drug-likeness (QED) is 0.0481. The number of carbonyl (C=O) groups excluding carboxylic acids is 3. The molecule has 0 fully saturated rings. The molecule has 3 aliphatic rings. The van der Waals surface area contributed by atoms with Crippen molar-refractivity contribution in [3.05, 3.63) is 192 Å². The number of hydrogen-bond acceptors (Lipinski definition) is 19. The van der Waals surface area contributed by atoms with Crippen LogP contribution in [0.4, 0.5) is 17.1 Å². The van der Waals surface area contributed by atoms with Crippen LogP contribution in [0.15, 0.2) is 146 Å². The highest BCUT2D eigenvalue weighted by atomic mass is 35.5. The second-order valence-electron chi connectivity index (χ2n) is 23.6. The number of fused-ring (bicyclic) bond motifs is 3. The number of carbonyl (C=O) groups is 3. The molecule has 3 aliphatic heterocycles. The Morgan fingerprint density at radius 2 is 0.747 bits per heavy atom. The van der Waals surface area contributed by atoms with Gasteiger partial charge in [-0.25, -0.2) is 16.8 Å². The lowest BCUT2D eigenvalue weighted by Crippen LogP contribution is -2.31. The fraction of sp³-hybridized carbons (Fsp3) is 0.292. The fourth-order valence-electron chi connectivity index (χ4n) is 10.6. The number of rotatable bonds is 25. The summed E-state index contributed by atoms with van der Waals surface area (Å²) in [6.45, 7) is 7.85. The fourth-order valence-corrected chi connectivity index (χ4v) is 16.2. The highest BCUT2D eigenvalue weighted by Gasteiger charge is 2.35. The van der Waals surface area contributed by atoms with E-state index in [0.29, 0.717) is 96.7 Å². The maximum atomic E-state index is 13.1. The average Bonchev–Trinajstić information content (AvgIpc) is 1.64.